The summed E-state index contributed by atoms with van der Waals surface area (Å²) in [6, 6.07) is 16.0. The smallest absolute Gasteiger partial charge is 0.254 e. The van der Waals surface area contributed by atoms with Crippen LogP contribution in [-0.4, -0.2) is 52.1 Å². The fraction of sp³-hybridized carbons (Fsp3) is 0.208. The molecule has 0 spiro atoms. The van der Waals surface area contributed by atoms with Gasteiger partial charge in [-0.3, -0.25) is 9.78 Å². The van der Waals surface area contributed by atoms with Crippen LogP contribution in [0.25, 0.3) is 33.5 Å². The molecule has 1 aliphatic heterocycles. The van der Waals surface area contributed by atoms with Gasteiger partial charge in [-0.25, -0.2) is 4.98 Å². The Kier molecular flexibility index (Phi) is 4.77. The highest BCUT2D eigenvalue weighted by molar-refractivity contribution is 5.94. The van der Waals surface area contributed by atoms with Gasteiger partial charge in [0.1, 0.15) is 5.69 Å². The van der Waals surface area contributed by atoms with Crippen LogP contribution in [0.3, 0.4) is 0 Å². The number of carbonyl (C=O) groups excluding carboxylic acids is 1. The summed E-state index contributed by atoms with van der Waals surface area (Å²) in [5, 5.41) is 1.15. The molecule has 1 amide bonds. The van der Waals surface area contributed by atoms with Crippen LogP contribution >= 0.6 is 0 Å². The van der Waals surface area contributed by atoms with Gasteiger partial charge in [0.15, 0.2) is 0 Å². The predicted molar refractivity (Wildman–Crippen MR) is 116 cm³/mol. The second kappa shape index (κ2) is 7.72. The maximum Gasteiger partial charge on any atom is 0.254 e. The van der Waals surface area contributed by atoms with E-state index in [9.17, 15) is 4.79 Å². The van der Waals surface area contributed by atoms with Crippen LogP contribution in [0.1, 0.15) is 15.9 Å². The van der Waals surface area contributed by atoms with Crippen LogP contribution in [0.15, 0.2) is 60.9 Å². The van der Waals surface area contributed by atoms with Crippen molar-refractivity contribution < 1.29 is 9.53 Å². The third-order valence-corrected chi connectivity index (χ3v) is 5.41. The molecule has 2 aromatic heterocycles. The average molecular weight is 398 g/mol. The van der Waals surface area contributed by atoms with Crippen molar-refractivity contribution in [2.45, 2.75) is 6.92 Å². The lowest BCUT2D eigenvalue weighted by atomic mass is 10.1. The topological polar surface area (TPSA) is 71.1 Å². The molecule has 150 valence electrons. The number of hydrogen-bond donors (Lipinski definition) is 1. The Bertz CT molecular complexity index is 1210. The fourth-order valence-corrected chi connectivity index (χ4v) is 3.75. The normalized spacial score (nSPS) is 14.2. The number of morpholine rings is 1. The van der Waals surface area contributed by atoms with Crippen LogP contribution in [0.5, 0.6) is 0 Å². The van der Waals surface area contributed by atoms with Crippen molar-refractivity contribution in [1.29, 1.82) is 0 Å². The Morgan fingerprint density at radius 3 is 2.57 bits per heavy atom. The molecule has 0 saturated carbocycles. The fourth-order valence-electron chi connectivity index (χ4n) is 3.75. The van der Waals surface area contributed by atoms with Crippen LogP contribution in [-0.2, 0) is 4.74 Å². The van der Waals surface area contributed by atoms with Crippen molar-refractivity contribution in [3.63, 3.8) is 0 Å². The third-order valence-electron chi connectivity index (χ3n) is 5.41. The van der Waals surface area contributed by atoms with Crippen LogP contribution in [0.4, 0.5) is 0 Å². The number of hydrogen-bond acceptors (Lipinski definition) is 4. The highest BCUT2D eigenvalue weighted by Gasteiger charge is 2.18. The summed E-state index contributed by atoms with van der Waals surface area (Å²) in [6.45, 7) is 4.54. The van der Waals surface area contributed by atoms with Crippen molar-refractivity contribution in [2.24, 2.45) is 0 Å². The molecular weight excluding hydrogens is 376 g/mol. The van der Waals surface area contributed by atoms with Gasteiger partial charge in [0.2, 0.25) is 0 Å². The number of H-pyrrole nitrogens is 1. The molecular formula is C24H22N4O2. The number of nitrogens with one attached hydrogen (secondary N) is 1. The second-order valence-corrected chi connectivity index (χ2v) is 7.55. The first-order valence-corrected chi connectivity index (χ1v) is 10.1. The van der Waals surface area contributed by atoms with Crippen molar-refractivity contribution in [3.8, 4) is 22.6 Å². The summed E-state index contributed by atoms with van der Waals surface area (Å²) in [6.07, 6.45) is 3.51. The molecule has 4 aromatic rings. The maximum atomic E-state index is 12.6. The van der Waals surface area contributed by atoms with Crippen LogP contribution in [0.2, 0.25) is 0 Å². The summed E-state index contributed by atoms with van der Waals surface area (Å²) >= 11 is 0. The lowest BCUT2D eigenvalue weighted by Crippen LogP contribution is -2.40. The zero-order valence-electron chi connectivity index (χ0n) is 16.8. The molecule has 5 rings (SSSR count). The van der Waals surface area contributed by atoms with Gasteiger partial charge < -0.3 is 14.6 Å². The number of nitrogens with zero attached hydrogens (tertiary/aromatic N) is 3. The van der Waals surface area contributed by atoms with Crippen LogP contribution < -0.4 is 0 Å². The second-order valence-electron chi connectivity index (χ2n) is 7.55. The number of fused-ring (bicyclic) bond motifs is 1. The molecule has 0 bridgehead atoms. The summed E-state index contributed by atoms with van der Waals surface area (Å²) in [4.78, 5) is 27.1. The molecule has 1 saturated heterocycles. The summed E-state index contributed by atoms with van der Waals surface area (Å²) < 4.78 is 5.32. The zero-order chi connectivity index (χ0) is 20.5. The quantitative estimate of drug-likeness (QED) is 0.565. The van der Waals surface area contributed by atoms with E-state index < -0.39 is 0 Å². The maximum absolute atomic E-state index is 12.6. The number of amides is 1. The number of aromatic nitrogens is 3. The lowest BCUT2D eigenvalue weighted by Gasteiger charge is -2.26. The number of aromatic amines is 1. The van der Waals surface area contributed by atoms with Crippen molar-refractivity contribution >= 4 is 16.8 Å². The van der Waals surface area contributed by atoms with E-state index in [2.05, 4.69) is 41.2 Å². The monoisotopic (exact) mass is 398 g/mol. The SMILES string of the molecule is Cc1ccc2cc(-c3cncc(-c4ccc(C(=O)N5CCOCC5)cc4)n3)[nH]c2c1. The molecule has 1 aliphatic rings. The van der Waals surface area contributed by atoms with E-state index in [1.165, 1.54) is 5.56 Å². The van der Waals surface area contributed by atoms with Gasteiger partial charge >= 0.3 is 0 Å². The molecule has 3 heterocycles. The summed E-state index contributed by atoms with van der Waals surface area (Å²) in [5.74, 6) is 0.0399. The average Bonchev–Trinajstić information content (AvgIpc) is 3.23. The van der Waals surface area contributed by atoms with Gasteiger partial charge in [-0.2, -0.15) is 0 Å². The van der Waals surface area contributed by atoms with Crippen molar-refractivity contribution in [1.82, 2.24) is 19.9 Å². The highest BCUT2D eigenvalue weighted by Crippen LogP contribution is 2.25. The number of rotatable bonds is 3. The molecule has 6 heteroatoms. The third kappa shape index (κ3) is 3.57. The summed E-state index contributed by atoms with van der Waals surface area (Å²) in [7, 11) is 0. The first kappa shape index (κ1) is 18.5. The Labute approximate surface area is 174 Å². The molecule has 1 fully saturated rings. The molecule has 30 heavy (non-hydrogen) atoms. The Morgan fingerprint density at radius 2 is 1.77 bits per heavy atom. The lowest BCUT2D eigenvalue weighted by molar-refractivity contribution is 0.0303. The minimum Gasteiger partial charge on any atom is -0.378 e. The standard InChI is InChI=1S/C24H22N4O2/c1-16-2-3-19-13-21(26-20(19)12-16)23-15-25-14-22(27-23)17-4-6-18(7-5-17)24(29)28-8-10-30-11-9-28/h2-7,12-15,26H,8-11H2,1H3. The molecule has 0 atom stereocenters. The van der Waals surface area contributed by atoms with Gasteiger partial charge in [0.05, 0.1) is 37.0 Å². The number of benzene rings is 2. The van der Waals surface area contributed by atoms with Crippen molar-refractivity contribution in [3.05, 3.63) is 72.1 Å². The zero-order valence-corrected chi connectivity index (χ0v) is 16.8. The van der Waals surface area contributed by atoms with E-state index in [1.807, 2.05) is 29.2 Å². The largest absolute Gasteiger partial charge is 0.378 e. The summed E-state index contributed by atoms with van der Waals surface area (Å²) in [5.41, 5.74) is 6.39. The minimum absolute atomic E-state index is 0.0399. The predicted octanol–water partition coefficient (Wildman–Crippen LogP) is 4.07. The first-order chi connectivity index (χ1) is 14.7. The molecule has 2 aromatic carbocycles. The van der Waals surface area contributed by atoms with E-state index in [-0.39, 0.29) is 5.91 Å². The van der Waals surface area contributed by atoms with E-state index in [0.29, 0.717) is 31.9 Å². The molecule has 1 N–H and O–H groups in total. The van der Waals surface area contributed by atoms with Gasteiger partial charge in [-0.1, -0.05) is 24.3 Å². The molecule has 0 unspecified atom stereocenters. The molecule has 0 aliphatic carbocycles. The first-order valence-electron chi connectivity index (χ1n) is 10.1. The van der Waals surface area contributed by atoms with Crippen LogP contribution in [0, 0.1) is 6.92 Å². The highest BCUT2D eigenvalue weighted by atomic mass is 16.5. The molecule has 6 nitrogen and oxygen atoms in total. The Balaban J connectivity index is 1.41. The molecule has 0 radical (unpaired) electrons. The van der Waals surface area contributed by atoms with Gasteiger partial charge in [-0.15, -0.1) is 0 Å². The van der Waals surface area contributed by atoms with E-state index in [1.54, 1.807) is 12.4 Å². The minimum atomic E-state index is 0.0399. The number of ether oxygens (including phenoxy) is 1. The number of aryl methyl sites for hydroxylation is 1. The Hall–Kier alpha value is -3.51. The van der Waals surface area contributed by atoms with Gasteiger partial charge in [0.25, 0.3) is 5.91 Å². The van der Waals surface area contributed by atoms with Gasteiger partial charge in [0, 0.05) is 35.1 Å². The Morgan fingerprint density at radius 1 is 1.00 bits per heavy atom. The van der Waals surface area contributed by atoms with E-state index >= 15 is 0 Å². The van der Waals surface area contributed by atoms with E-state index in [0.717, 1.165) is 33.5 Å². The number of carbonyl (C=O) groups is 1. The van der Waals surface area contributed by atoms with E-state index in [4.69, 9.17) is 9.72 Å². The van der Waals surface area contributed by atoms with Crippen molar-refractivity contribution in [2.75, 3.05) is 26.3 Å². The van der Waals surface area contributed by atoms with Gasteiger partial charge in [-0.05, 0) is 36.8 Å².